The van der Waals surface area contributed by atoms with Crippen molar-refractivity contribution in [1.82, 2.24) is 8.80 Å². The van der Waals surface area contributed by atoms with Crippen molar-refractivity contribution in [3.8, 4) is 0 Å². The highest BCUT2D eigenvalue weighted by atomic mass is 16.3. The fourth-order valence-electron chi connectivity index (χ4n) is 13.2. The summed E-state index contributed by atoms with van der Waals surface area (Å²) in [7, 11) is 0. The van der Waals surface area contributed by atoms with E-state index < -0.39 is 0 Å². The normalized spacial score (nSPS) is 12.5. The van der Waals surface area contributed by atoms with Gasteiger partial charge in [0.25, 0.3) is 0 Å². The fraction of sp³-hybridized carbons (Fsp3) is 0.0435. The summed E-state index contributed by atoms with van der Waals surface area (Å²) in [6, 6.07) is 77.6. The maximum Gasteiger partial charge on any atom is 0.159 e. The summed E-state index contributed by atoms with van der Waals surface area (Å²) in [5.74, 6) is 0. The van der Waals surface area contributed by atoms with E-state index in [0.717, 1.165) is 83.6 Å². The molecule has 17 rings (SSSR count). The van der Waals surface area contributed by atoms with Crippen LogP contribution >= 0.6 is 0 Å². The second-order valence-electron chi connectivity index (χ2n) is 20.6. The van der Waals surface area contributed by atoms with E-state index in [1.807, 2.05) is 6.07 Å². The molecule has 0 saturated carbocycles. The van der Waals surface area contributed by atoms with E-state index in [2.05, 4.69) is 246 Å². The van der Waals surface area contributed by atoms with E-state index in [0.29, 0.717) is 0 Å². The number of hydrogen-bond acceptors (Lipinski definition) is 4. The van der Waals surface area contributed by atoms with Crippen molar-refractivity contribution in [2.75, 3.05) is 9.80 Å². The number of fused-ring (bicyclic) bond motifs is 18. The van der Waals surface area contributed by atoms with Gasteiger partial charge >= 0.3 is 0 Å². The molecule has 0 spiro atoms. The largest absolute Gasteiger partial charge is 0.454 e. The van der Waals surface area contributed by atoms with E-state index in [1.165, 1.54) is 87.3 Å². The number of aromatic nitrogens is 2. The van der Waals surface area contributed by atoms with Gasteiger partial charge in [-0.15, -0.1) is 0 Å². The molecule has 0 saturated heterocycles. The third-order valence-corrected chi connectivity index (χ3v) is 16.5. The zero-order valence-corrected chi connectivity index (χ0v) is 41.3. The number of benzene rings is 11. The lowest BCUT2D eigenvalue weighted by molar-refractivity contribution is 0.668. The monoisotopic (exact) mass is 960 g/mol. The van der Waals surface area contributed by atoms with Crippen LogP contribution in [-0.2, 0) is 0 Å². The van der Waals surface area contributed by atoms with Gasteiger partial charge in [-0.2, -0.15) is 0 Å². The van der Waals surface area contributed by atoms with Gasteiger partial charge in [-0.05, 0) is 104 Å². The van der Waals surface area contributed by atoms with Crippen molar-refractivity contribution in [3.05, 3.63) is 229 Å². The minimum atomic E-state index is 0.870. The number of nitrogens with zero attached hydrogens (tertiary/aromatic N) is 4. The van der Waals surface area contributed by atoms with Crippen molar-refractivity contribution >= 4 is 154 Å². The topological polar surface area (TPSA) is 41.6 Å². The molecule has 352 valence electrons. The van der Waals surface area contributed by atoms with Crippen LogP contribution in [0, 0.1) is 20.8 Å². The minimum Gasteiger partial charge on any atom is -0.454 e. The van der Waals surface area contributed by atoms with Gasteiger partial charge in [0.15, 0.2) is 11.2 Å². The van der Waals surface area contributed by atoms with Gasteiger partial charge in [0.05, 0.1) is 44.5 Å². The molecule has 0 unspecified atom stereocenters. The highest BCUT2D eigenvalue weighted by Gasteiger charge is 2.28. The van der Waals surface area contributed by atoms with Crippen molar-refractivity contribution < 1.29 is 8.83 Å². The van der Waals surface area contributed by atoms with Crippen molar-refractivity contribution in [3.63, 3.8) is 0 Å². The predicted molar refractivity (Wildman–Crippen MR) is 314 cm³/mol. The van der Waals surface area contributed by atoms with Gasteiger partial charge in [-0.25, -0.2) is 0 Å². The third kappa shape index (κ3) is 5.37. The zero-order chi connectivity index (χ0) is 49.4. The summed E-state index contributed by atoms with van der Waals surface area (Å²) < 4.78 is 18.6. The molecule has 0 bridgehead atoms. The van der Waals surface area contributed by atoms with Crippen LogP contribution in [0.5, 0.6) is 0 Å². The molecule has 0 aliphatic rings. The van der Waals surface area contributed by atoms with E-state index >= 15 is 0 Å². The molecule has 0 amide bonds. The SMILES string of the molecule is Cc1ccccc1N(c1ccc2c3cccc4c5cc6c(cc5n(c2c1)c34)c1cccc2c3ccc(N(c4ccccc4C)c4c(C)ccc5c4oc4ccccc45)cc3n6c21)c1cccc2c1oc1ccccc12. The molecule has 0 aliphatic carbocycles. The van der Waals surface area contributed by atoms with Crippen LogP contribution in [0.1, 0.15) is 16.7 Å². The summed E-state index contributed by atoms with van der Waals surface area (Å²) in [4.78, 5) is 4.81. The quantitative estimate of drug-likeness (QED) is 0.167. The fourth-order valence-corrected chi connectivity index (χ4v) is 13.2. The van der Waals surface area contributed by atoms with Crippen molar-refractivity contribution in [1.29, 1.82) is 0 Å². The Morgan fingerprint density at radius 2 is 0.707 bits per heavy atom. The average Bonchev–Trinajstić information content (AvgIpc) is 4.44. The predicted octanol–water partition coefficient (Wildman–Crippen LogP) is 19.7. The minimum absolute atomic E-state index is 0.870. The number of furan rings is 2. The van der Waals surface area contributed by atoms with Crippen LogP contribution in [0.25, 0.3) is 120 Å². The highest BCUT2D eigenvalue weighted by Crippen LogP contribution is 2.50. The molecule has 6 nitrogen and oxygen atoms in total. The first-order chi connectivity index (χ1) is 37.0. The Morgan fingerprint density at radius 1 is 0.293 bits per heavy atom. The van der Waals surface area contributed by atoms with Gasteiger partial charge in [0.1, 0.15) is 11.2 Å². The number of para-hydroxylation sites is 7. The number of anilines is 6. The molecule has 75 heavy (non-hydrogen) atoms. The Bertz CT molecular complexity index is 5260. The van der Waals surface area contributed by atoms with Crippen LogP contribution < -0.4 is 9.80 Å². The lowest BCUT2D eigenvalue weighted by atomic mass is 10.0. The van der Waals surface area contributed by atoms with Gasteiger partial charge in [-0.3, -0.25) is 0 Å². The first kappa shape index (κ1) is 40.8. The number of hydrogen-bond donors (Lipinski definition) is 0. The second-order valence-corrected chi connectivity index (χ2v) is 20.6. The molecule has 6 heteroatoms. The molecule has 11 aromatic carbocycles. The Balaban J connectivity index is 0.916. The van der Waals surface area contributed by atoms with E-state index in [4.69, 9.17) is 8.83 Å². The Morgan fingerprint density at radius 3 is 1.29 bits per heavy atom. The van der Waals surface area contributed by atoms with Crippen LogP contribution in [-0.4, -0.2) is 8.80 Å². The van der Waals surface area contributed by atoms with Crippen LogP contribution in [0.15, 0.2) is 221 Å². The third-order valence-electron chi connectivity index (χ3n) is 16.5. The van der Waals surface area contributed by atoms with Crippen molar-refractivity contribution in [2.24, 2.45) is 0 Å². The second kappa shape index (κ2) is 14.7. The molecule has 6 aromatic heterocycles. The summed E-state index contributed by atoms with van der Waals surface area (Å²) in [5, 5.41) is 14.4. The maximum atomic E-state index is 6.81. The van der Waals surface area contributed by atoms with Gasteiger partial charge in [0, 0.05) is 87.4 Å². The molecule has 0 radical (unpaired) electrons. The van der Waals surface area contributed by atoms with E-state index in [1.54, 1.807) is 0 Å². The Kier molecular flexibility index (Phi) is 7.98. The number of rotatable bonds is 6. The summed E-state index contributed by atoms with van der Waals surface area (Å²) >= 11 is 0. The highest BCUT2D eigenvalue weighted by molar-refractivity contribution is 6.29. The summed E-state index contributed by atoms with van der Waals surface area (Å²) in [6.45, 7) is 6.59. The molecule has 17 aromatic rings. The summed E-state index contributed by atoms with van der Waals surface area (Å²) in [6.07, 6.45) is 0. The molecule has 0 fully saturated rings. The molecule has 0 atom stereocenters. The van der Waals surface area contributed by atoms with Crippen LogP contribution in [0.4, 0.5) is 34.1 Å². The van der Waals surface area contributed by atoms with Crippen LogP contribution in [0.3, 0.4) is 0 Å². The molecular weight excluding hydrogens is 917 g/mol. The van der Waals surface area contributed by atoms with Gasteiger partial charge < -0.3 is 27.4 Å². The van der Waals surface area contributed by atoms with Crippen molar-refractivity contribution in [2.45, 2.75) is 20.8 Å². The lowest BCUT2D eigenvalue weighted by Gasteiger charge is -2.28. The lowest BCUT2D eigenvalue weighted by Crippen LogP contribution is -2.13. The first-order valence-electron chi connectivity index (χ1n) is 25.8. The molecule has 6 heterocycles. The van der Waals surface area contributed by atoms with Gasteiger partial charge in [-0.1, -0.05) is 146 Å². The smallest absolute Gasteiger partial charge is 0.159 e. The Hall–Kier alpha value is -9.78. The van der Waals surface area contributed by atoms with E-state index in [9.17, 15) is 0 Å². The first-order valence-corrected chi connectivity index (χ1v) is 25.8. The number of aryl methyl sites for hydroxylation is 3. The van der Waals surface area contributed by atoms with Gasteiger partial charge in [0.2, 0.25) is 0 Å². The molecule has 0 N–H and O–H groups in total. The zero-order valence-electron chi connectivity index (χ0n) is 41.3. The van der Waals surface area contributed by atoms with E-state index in [-0.39, 0.29) is 0 Å². The summed E-state index contributed by atoms with van der Waals surface area (Å²) in [5.41, 5.74) is 20.7. The molecular formula is C69H44N4O2. The standard InChI is InChI=1S/C69H44N4O2/c1-39-15-4-8-24-56(39)70(58-26-14-23-52-46-17-6-10-27-63(46)74-68(52)58)42-30-33-44-48-19-12-21-50-54-38-62-55(37-61(54)72(66(48)50)59(44)35-42)51-22-13-20-49-45-34-31-43(36-60(45)73(62)67(49)51)71(57-25-9-5-16-40(57)2)65-41(3)29-32-53-47-18-7-11-28-64(47)75-69(53)65/h4-38H,1-3H3. The maximum absolute atomic E-state index is 6.81. The Labute approximate surface area is 429 Å². The molecule has 0 aliphatic heterocycles. The van der Waals surface area contributed by atoms with Crippen LogP contribution in [0.2, 0.25) is 0 Å². The average molecular weight is 961 g/mol.